The van der Waals surface area contributed by atoms with Crippen LogP contribution in [0.3, 0.4) is 0 Å². The van der Waals surface area contributed by atoms with Gasteiger partial charge in [-0.1, -0.05) is 34.9 Å². The van der Waals surface area contributed by atoms with Gasteiger partial charge in [0.25, 0.3) is 15.9 Å². The molecule has 0 spiro atoms. The van der Waals surface area contributed by atoms with Gasteiger partial charge in [-0.05, 0) is 61.9 Å². The second kappa shape index (κ2) is 8.83. The predicted molar refractivity (Wildman–Crippen MR) is 121 cm³/mol. The molecule has 0 fully saturated rings. The molecule has 1 amide bonds. The number of nitrogens with one attached hydrogen (secondary N) is 2. The molecule has 10 heteroatoms. The van der Waals surface area contributed by atoms with Gasteiger partial charge in [0.05, 0.1) is 16.1 Å². The first-order chi connectivity index (χ1) is 15.7. The van der Waals surface area contributed by atoms with Crippen molar-refractivity contribution in [3.05, 3.63) is 89.2 Å². The number of benzene rings is 3. The van der Waals surface area contributed by atoms with Gasteiger partial charge in [0, 0.05) is 5.56 Å². The quantitative estimate of drug-likeness (QED) is 0.431. The van der Waals surface area contributed by atoms with Crippen LogP contribution in [0.15, 0.2) is 76.0 Å². The zero-order valence-corrected chi connectivity index (χ0v) is 18.5. The molecular weight excluding hydrogens is 447 g/mol. The Balaban J connectivity index is 1.55. The number of hydrogen-bond donors (Lipinski definition) is 2. The van der Waals surface area contributed by atoms with E-state index in [4.69, 9.17) is 4.42 Å². The van der Waals surface area contributed by atoms with E-state index in [1.807, 2.05) is 32.0 Å². The second-order valence-corrected chi connectivity index (χ2v) is 8.97. The van der Waals surface area contributed by atoms with Crippen LogP contribution < -0.4 is 10.0 Å². The summed E-state index contributed by atoms with van der Waals surface area (Å²) >= 11 is 0. The number of anilines is 2. The molecule has 2 N–H and O–H groups in total. The summed E-state index contributed by atoms with van der Waals surface area (Å²) in [6.45, 7) is 3.88. The molecule has 8 nitrogen and oxygen atoms in total. The van der Waals surface area contributed by atoms with Crippen LogP contribution in [0.2, 0.25) is 0 Å². The van der Waals surface area contributed by atoms with Crippen molar-refractivity contribution in [2.45, 2.75) is 18.7 Å². The zero-order valence-electron chi connectivity index (χ0n) is 17.7. The molecule has 0 radical (unpaired) electrons. The predicted octanol–water partition coefficient (Wildman–Crippen LogP) is 4.55. The Kier molecular flexibility index (Phi) is 5.93. The molecule has 0 bridgehead atoms. The molecule has 0 saturated carbocycles. The van der Waals surface area contributed by atoms with Crippen molar-refractivity contribution in [2.75, 3.05) is 10.0 Å². The molecule has 0 aliphatic rings. The minimum atomic E-state index is -4.05. The Labute approximate surface area is 189 Å². The van der Waals surface area contributed by atoms with Gasteiger partial charge < -0.3 is 4.42 Å². The summed E-state index contributed by atoms with van der Waals surface area (Å²) in [5.74, 6) is -0.968. The number of carbonyl (C=O) groups is 1. The van der Waals surface area contributed by atoms with E-state index in [0.717, 1.165) is 41.0 Å². The molecule has 0 atom stereocenters. The van der Waals surface area contributed by atoms with Crippen molar-refractivity contribution in [1.29, 1.82) is 0 Å². The highest BCUT2D eigenvalue weighted by atomic mass is 32.2. The first-order valence-corrected chi connectivity index (χ1v) is 11.3. The Hall–Kier alpha value is -4.05. The van der Waals surface area contributed by atoms with E-state index in [2.05, 4.69) is 20.2 Å². The highest BCUT2D eigenvalue weighted by Crippen LogP contribution is 2.25. The van der Waals surface area contributed by atoms with Crippen molar-refractivity contribution >= 4 is 27.6 Å². The summed E-state index contributed by atoms with van der Waals surface area (Å²) in [5, 5.41) is 10.3. The largest absolute Gasteiger partial charge is 0.403 e. The Morgan fingerprint density at radius 1 is 0.970 bits per heavy atom. The van der Waals surface area contributed by atoms with Crippen LogP contribution in [0.5, 0.6) is 0 Å². The first kappa shape index (κ1) is 22.2. The van der Waals surface area contributed by atoms with Gasteiger partial charge >= 0.3 is 6.01 Å². The summed E-state index contributed by atoms with van der Waals surface area (Å²) in [6, 6.07) is 16.0. The number of carbonyl (C=O) groups excluding carboxylic acids is 1. The van der Waals surface area contributed by atoms with Crippen LogP contribution in [0, 0.1) is 19.7 Å². The first-order valence-electron chi connectivity index (χ1n) is 9.83. The molecule has 4 aromatic rings. The number of amides is 1. The standard InChI is InChI=1S/C23H19FN4O4S/c1-14-7-12-18(15(2)13-14)22-26-27-23(32-22)25-21(29)19-5-3-4-6-20(19)28-33(30,31)17-10-8-16(24)9-11-17/h3-13,28H,1-2H3,(H,25,27,29). The van der Waals surface area contributed by atoms with E-state index in [1.165, 1.54) is 12.1 Å². The van der Waals surface area contributed by atoms with Crippen LogP contribution in [-0.2, 0) is 10.0 Å². The SMILES string of the molecule is Cc1ccc(-c2nnc(NC(=O)c3ccccc3NS(=O)(=O)c3ccc(F)cc3)o2)c(C)c1. The van der Waals surface area contributed by atoms with Crippen molar-refractivity contribution in [2.24, 2.45) is 0 Å². The molecular formula is C23H19FN4O4S. The Morgan fingerprint density at radius 2 is 1.70 bits per heavy atom. The Morgan fingerprint density at radius 3 is 2.42 bits per heavy atom. The minimum Gasteiger partial charge on any atom is -0.403 e. The van der Waals surface area contributed by atoms with Crippen molar-refractivity contribution in [3.8, 4) is 11.5 Å². The number of para-hydroxylation sites is 1. The molecule has 1 heterocycles. The highest BCUT2D eigenvalue weighted by Gasteiger charge is 2.20. The maximum absolute atomic E-state index is 13.1. The van der Waals surface area contributed by atoms with E-state index < -0.39 is 21.7 Å². The van der Waals surface area contributed by atoms with E-state index in [1.54, 1.807) is 12.1 Å². The van der Waals surface area contributed by atoms with Gasteiger partial charge in [-0.2, -0.15) is 0 Å². The summed E-state index contributed by atoms with van der Waals surface area (Å²) in [7, 11) is -4.05. The van der Waals surface area contributed by atoms with Gasteiger partial charge in [0.2, 0.25) is 5.89 Å². The third-order valence-corrected chi connectivity index (χ3v) is 6.18. The van der Waals surface area contributed by atoms with Crippen molar-refractivity contribution < 1.29 is 22.0 Å². The van der Waals surface area contributed by atoms with Gasteiger partial charge in [-0.25, -0.2) is 12.8 Å². The molecule has 4 rings (SSSR count). The summed E-state index contributed by atoms with van der Waals surface area (Å²) in [5.41, 5.74) is 2.84. The third-order valence-electron chi connectivity index (χ3n) is 4.80. The number of sulfonamides is 1. The van der Waals surface area contributed by atoms with E-state index in [-0.39, 0.29) is 28.1 Å². The van der Waals surface area contributed by atoms with Crippen molar-refractivity contribution in [3.63, 3.8) is 0 Å². The van der Waals surface area contributed by atoms with E-state index >= 15 is 0 Å². The van der Waals surface area contributed by atoms with Gasteiger partial charge in [-0.15, -0.1) is 5.10 Å². The average molecular weight is 466 g/mol. The lowest BCUT2D eigenvalue weighted by Crippen LogP contribution is -2.18. The molecule has 0 aliphatic heterocycles. The molecule has 3 aromatic carbocycles. The lowest BCUT2D eigenvalue weighted by molar-refractivity contribution is 0.102. The molecule has 33 heavy (non-hydrogen) atoms. The van der Waals surface area contributed by atoms with E-state index in [0.29, 0.717) is 0 Å². The molecule has 0 unspecified atom stereocenters. The fraction of sp³-hybridized carbons (Fsp3) is 0.0870. The van der Waals surface area contributed by atoms with Gasteiger partial charge in [0.15, 0.2) is 0 Å². The molecule has 0 saturated heterocycles. The lowest BCUT2D eigenvalue weighted by Gasteiger charge is -2.12. The average Bonchev–Trinajstić information content (AvgIpc) is 3.22. The maximum atomic E-state index is 13.1. The maximum Gasteiger partial charge on any atom is 0.322 e. The second-order valence-electron chi connectivity index (χ2n) is 7.29. The van der Waals surface area contributed by atoms with Crippen LogP contribution in [0.25, 0.3) is 11.5 Å². The monoisotopic (exact) mass is 466 g/mol. The normalized spacial score (nSPS) is 11.2. The number of hydrogen-bond acceptors (Lipinski definition) is 6. The third kappa shape index (κ3) is 4.90. The van der Waals surface area contributed by atoms with Crippen molar-refractivity contribution in [1.82, 2.24) is 10.2 Å². The van der Waals surface area contributed by atoms with Crippen LogP contribution in [-0.4, -0.2) is 24.5 Å². The number of halogens is 1. The van der Waals surface area contributed by atoms with Crippen LogP contribution >= 0.6 is 0 Å². The number of aromatic nitrogens is 2. The number of nitrogens with zero attached hydrogens (tertiary/aromatic N) is 2. The fourth-order valence-electron chi connectivity index (χ4n) is 3.19. The smallest absolute Gasteiger partial charge is 0.322 e. The van der Waals surface area contributed by atoms with Gasteiger partial charge in [-0.3, -0.25) is 14.8 Å². The minimum absolute atomic E-state index is 0.0356. The van der Waals surface area contributed by atoms with Gasteiger partial charge in [0.1, 0.15) is 5.82 Å². The number of aryl methyl sites for hydroxylation is 2. The summed E-state index contributed by atoms with van der Waals surface area (Å²) in [4.78, 5) is 12.7. The van der Waals surface area contributed by atoms with Crippen LogP contribution in [0.4, 0.5) is 16.1 Å². The zero-order chi connectivity index (χ0) is 23.6. The Bertz CT molecular complexity index is 1430. The highest BCUT2D eigenvalue weighted by molar-refractivity contribution is 7.92. The van der Waals surface area contributed by atoms with E-state index in [9.17, 15) is 17.6 Å². The topological polar surface area (TPSA) is 114 Å². The lowest BCUT2D eigenvalue weighted by atomic mass is 10.1. The number of rotatable bonds is 6. The fourth-order valence-corrected chi connectivity index (χ4v) is 4.27. The summed E-state index contributed by atoms with van der Waals surface area (Å²) < 4.78 is 46.4. The van der Waals surface area contributed by atoms with Crippen LogP contribution in [0.1, 0.15) is 21.5 Å². The molecule has 0 aliphatic carbocycles. The molecule has 1 aromatic heterocycles. The molecule has 168 valence electrons. The summed E-state index contributed by atoms with van der Waals surface area (Å²) in [6.07, 6.45) is 0.